The molecular formula is C24H33F3N2O2. The average molecular weight is 439 g/mol. The Kier molecular flexibility index (Phi) is 6.92. The molecule has 1 aliphatic carbocycles. The van der Waals surface area contributed by atoms with Gasteiger partial charge in [0.05, 0.1) is 12.2 Å². The number of piperidine rings is 1. The lowest BCUT2D eigenvalue weighted by atomic mass is 9.88. The van der Waals surface area contributed by atoms with Crippen LogP contribution in [0.5, 0.6) is 0 Å². The van der Waals surface area contributed by atoms with Gasteiger partial charge >= 0.3 is 6.18 Å². The summed E-state index contributed by atoms with van der Waals surface area (Å²) in [4.78, 5) is 15.0. The Morgan fingerprint density at radius 1 is 1.13 bits per heavy atom. The molecule has 3 fully saturated rings. The number of carbonyl (C=O) groups excluding carboxylic acids is 1. The lowest BCUT2D eigenvalue weighted by Crippen LogP contribution is -2.46. The molecule has 0 radical (unpaired) electrons. The minimum Gasteiger partial charge on any atom is -0.381 e. The van der Waals surface area contributed by atoms with E-state index in [1.807, 2.05) is 4.90 Å². The number of nitrogens with one attached hydrogen (secondary N) is 1. The maximum atomic E-state index is 13.1. The first-order valence-electron chi connectivity index (χ1n) is 11.6. The van der Waals surface area contributed by atoms with Crippen LogP contribution in [0.4, 0.5) is 13.2 Å². The third kappa shape index (κ3) is 5.43. The quantitative estimate of drug-likeness (QED) is 0.747. The van der Waals surface area contributed by atoms with Gasteiger partial charge in [0.25, 0.3) is 0 Å². The molecule has 2 heterocycles. The fourth-order valence-electron chi connectivity index (χ4n) is 5.45. The highest BCUT2D eigenvalue weighted by Gasteiger charge is 2.36. The van der Waals surface area contributed by atoms with Gasteiger partial charge in [-0.25, -0.2) is 0 Å². The van der Waals surface area contributed by atoms with Gasteiger partial charge in [-0.1, -0.05) is 25.1 Å². The van der Waals surface area contributed by atoms with Crippen LogP contribution in [-0.4, -0.2) is 49.2 Å². The predicted molar refractivity (Wildman–Crippen MR) is 113 cm³/mol. The lowest BCUT2D eigenvalue weighted by molar-refractivity contribution is -0.137. The molecule has 0 spiro atoms. The number of nitrogens with zero attached hydrogens (tertiary/aromatic N) is 1. The summed E-state index contributed by atoms with van der Waals surface area (Å²) in [5, 5.41) is 3.76. The van der Waals surface area contributed by atoms with E-state index in [-0.39, 0.29) is 17.7 Å². The Morgan fingerprint density at radius 2 is 1.90 bits per heavy atom. The first-order chi connectivity index (χ1) is 14.8. The third-order valence-electron chi connectivity index (χ3n) is 7.36. The normalized spacial score (nSPS) is 30.5. The summed E-state index contributed by atoms with van der Waals surface area (Å²) in [7, 11) is 0. The Balaban J connectivity index is 1.27. The Bertz CT molecular complexity index is 761. The maximum absolute atomic E-state index is 13.1. The van der Waals surface area contributed by atoms with E-state index in [2.05, 4.69) is 12.2 Å². The van der Waals surface area contributed by atoms with Crippen LogP contribution in [0.2, 0.25) is 0 Å². The van der Waals surface area contributed by atoms with Gasteiger partial charge in [0, 0.05) is 37.7 Å². The first kappa shape index (κ1) is 22.6. The van der Waals surface area contributed by atoms with Gasteiger partial charge in [0.15, 0.2) is 0 Å². The molecule has 1 aromatic rings. The van der Waals surface area contributed by atoms with Crippen molar-refractivity contribution in [2.75, 3.05) is 26.3 Å². The molecular weight excluding hydrogens is 405 g/mol. The summed E-state index contributed by atoms with van der Waals surface area (Å²) in [6.45, 7) is 5.07. The standard InChI is InChI=1S/C24H33F3N2O2/c1-16-15-31-12-9-22(16)28-21-6-5-19(14-21)23(30)29-10-7-17(8-11-29)18-3-2-4-20(13-18)24(25,26)27/h2-4,13,16-17,19,21-22,28H,5-12,14-15H2,1H3. The zero-order chi connectivity index (χ0) is 22.0. The number of rotatable bonds is 4. The number of hydrogen-bond donors (Lipinski definition) is 1. The van der Waals surface area contributed by atoms with Gasteiger partial charge in [0.2, 0.25) is 5.91 Å². The van der Waals surface area contributed by atoms with Gasteiger partial charge in [-0.15, -0.1) is 0 Å². The highest BCUT2D eigenvalue weighted by Crippen LogP contribution is 2.35. The van der Waals surface area contributed by atoms with Crippen LogP contribution in [0.25, 0.3) is 0 Å². The number of amides is 1. The number of benzene rings is 1. The molecule has 0 aromatic heterocycles. The van der Waals surface area contributed by atoms with E-state index < -0.39 is 11.7 Å². The van der Waals surface area contributed by atoms with Crippen molar-refractivity contribution < 1.29 is 22.7 Å². The average Bonchev–Trinajstić information content (AvgIpc) is 3.23. The van der Waals surface area contributed by atoms with Gasteiger partial charge in [-0.05, 0) is 62.0 Å². The predicted octanol–water partition coefficient (Wildman–Crippen LogP) is 4.59. The molecule has 1 aromatic carbocycles. The van der Waals surface area contributed by atoms with Crippen molar-refractivity contribution in [3.63, 3.8) is 0 Å². The summed E-state index contributed by atoms with van der Waals surface area (Å²) < 4.78 is 44.6. The lowest BCUT2D eigenvalue weighted by Gasteiger charge is -2.34. The molecule has 2 saturated heterocycles. The molecule has 2 aliphatic heterocycles. The number of carbonyl (C=O) groups is 1. The van der Waals surface area contributed by atoms with Crippen molar-refractivity contribution in [1.29, 1.82) is 0 Å². The fourth-order valence-corrected chi connectivity index (χ4v) is 5.45. The monoisotopic (exact) mass is 438 g/mol. The molecule has 4 rings (SSSR count). The summed E-state index contributed by atoms with van der Waals surface area (Å²) in [6, 6.07) is 6.52. The Hall–Kier alpha value is -1.60. The molecule has 7 heteroatoms. The molecule has 4 unspecified atom stereocenters. The minimum atomic E-state index is -4.32. The van der Waals surface area contributed by atoms with Crippen LogP contribution in [0.15, 0.2) is 24.3 Å². The molecule has 1 amide bonds. The van der Waals surface area contributed by atoms with Gasteiger partial charge in [0.1, 0.15) is 0 Å². The molecule has 172 valence electrons. The Morgan fingerprint density at radius 3 is 2.61 bits per heavy atom. The summed E-state index contributed by atoms with van der Waals surface area (Å²) in [6.07, 6.45) is 0.989. The number of halogens is 3. The van der Waals surface area contributed by atoms with Crippen LogP contribution < -0.4 is 5.32 Å². The molecule has 1 saturated carbocycles. The smallest absolute Gasteiger partial charge is 0.381 e. The second-order valence-electron chi connectivity index (χ2n) is 9.54. The van der Waals surface area contributed by atoms with Crippen molar-refractivity contribution in [2.45, 2.75) is 69.6 Å². The van der Waals surface area contributed by atoms with Gasteiger partial charge in [-0.3, -0.25) is 4.79 Å². The molecule has 4 nitrogen and oxygen atoms in total. The van der Waals surface area contributed by atoms with Crippen molar-refractivity contribution in [3.8, 4) is 0 Å². The molecule has 1 N–H and O–H groups in total. The molecule has 4 atom stereocenters. The van der Waals surface area contributed by atoms with Crippen LogP contribution >= 0.6 is 0 Å². The number of alkyl halides is 3. The first-order valence-corrected chi connectivity index (χ1v) is 11.6. The number of likely N-dealkylation sites (tertiary alicyclic amines) is 1. The van der Waals surface area contributed by atoms with Gasteiger partial charge < -0.3 is 15.0 Å². The largest absolute Gasteiger partial charge is 0.416 e. The Labute approximate surface area is 182 Å². The van der Waals surface area contributed by atoms with E-state index in [1.165, 1.54) is 12.1 Å². The minimum absolute atomic E-state index is 0.0674. The SMILES string of the molecule is CC1COCCC1NC1CCC(C(=O)N2CCC(c3cccc(C(F)(F)F)c3)CC2)C1. The van der Waals surface area contributed by atoms with Crippen molar-refractivity contribution >= 4 is 5.91 Å². The van der Waals surface area contributed by atoms with E-state index in [0.717, 1.165) is 63.4 Å². The van der Waals surface area contributed by atoms with Crippen LogP contribution in [0.3, 0.4) is 0 Å². The van der Waals surface area contributed by atoms with E-state index >= 15 is 0 Å². The number of hydrogen-bond acceptors (Lipinski definition) is 3. The highest BCUT2D eigenvalue weighted by molar-refractivity contribution is 5.79. The van der Waals surface area contributed by atoms with Crippen molar-refractivity contribution in [2.24, 2.45) is 11.8 Å². The molecule has 0 bridgehead atoms. The second-order valence-corrected chi connectivity index (χ2v) is 9.54. The summed E-state index contributed by atoms with van der Waals surface area (Å²) >= 11 is 0. The van der Waals surface area contributed by atoms with Crippen LogP contribution in [0.1, 0.15) is 62.5 Å². The van der Waals surface area contributed by atoms with Crippen molar-refractivity contribution in [3.05, 3.63) is 35.4 Å². The van der Waals surface area contributed by atoms with E-state index in [0.29, 0.717) is 31.1 Å². The number of ether oxygens (including phenoxy) is 1. The molecule has 3 aliphatic rings. The zero-order valence-electron chi connectivity index (χ0n) is 18.2. The van der Waals surface area contributed by atoms with E-state index in [4.69, 9.17) is 4.74 Å². The topological polar surface area (TPSA) is 41.6 Å². The second kappa shape index (κ2) is 9.49. The van der Waals surface area contributed by atoms with Crippen LogP contribution in [0, 0.1) is 11.8 Å². The zero-order valence-corrected chi connectivity index (χ0v) is 18.2. The molecule has 31 heavy (non-hydrogen) atoms. The maximum Gasteiger partial charge on any atom is 0.416 e. The highest BCUT2D eigenvalue weighted by atomic mass is 19.4. The van der Waals surface area contributed by atoms with Crippen molar-refractivity contribution in [1.82, 2.24) is 10.2 Å². The summed E-state index contributed by atoms with van der Waals surface area (Å²) in [5.41, 5.74) is 0.143. The van der Waals surface area contributed by atoms with E-state index in [9.17, 15) is 18.0 Å². The fraction of sp³-hybridized carbons (Fsp3) is 0.708. The van der Waals surface area contributed by atoms with E-state index in [1.54, 1.807) is 6.07 Å². The van der Waals surface area contributed by atoms with Gasteiger partial charge in [-0.2, -0.15) is 13.2 Å². The summed E-state index contributed by atoms with van der Waals surface area (Å²) in [5.74, 6) is 0.877. The third-order valence-corrected chi connectivity index (χ3v) is 7.36. The van der Waals surface area contributed by atoms with Crippen LogP contribution in [-0.2, 0) is 15.7 Å².